The molecule has 0 N–H and O–H groups in total. The number of hydrogen-bond acceptors (Lipinski definition) is 4. The smallest absolute Gasteiger partial charge is 0.274 e. The number of benzene rings is 2. The molecule has 1 aliphatic rings. The first kappa shape index (κ1) is 21.2. The van der Waals surface area contributed by atoms with E-state index in [1.807, 2.05) is 36.4 Å². The average Bonchev–Trinajstić information content (AvgIpc) is 3.29. The van der Waals surface area contributed by atoms with E-state index in [0.29, 0.717) is 27.8 Å². The summed E-state index contributed by atoms with van der Waals surface area (Å²) in [5, 5.41) is 9.80. The van der Waals surface area contributed by atoms with Gasteiger partial charge in [0.15, 0.2) is 5.65 Å². The van der Waals surface area contributed by atoms with Crippen molar-refractivity contribution in [1.82, 2.24) is 24.3 Å². The third kappa shape index (κ3) is 4.06. The van der Waals surface area contributed by atoms with Gasteiger partial charge in [-0.25, -0.2) is 9.20 Å². The number of hydrogen-bond donors (Lipinski definition) is 0. The van der Waals surface area contributed by atoms with Crippen LogP contribution in [0.5, 0.6) is 0 Å². The molecule has 3 heterocycles. The predicted molar refractivity (Wildman–Crippen MR) is 128 cm³/mol. The Morgan fingerprint density at radius 1 is 0.781 bits per heavy atom. The Kier molecular flexibility index (Phi) is 6.00. The fraction of sp³-hybridized carbons (Fsp3) is 0.292. The number of halogens is 2. The van der Waals surface area contributed by atoms with Crippen molar-refractivity contribution >= 4 is 28.8 Å². The molecule has 0 spiro atoms. The van der Waals surface area contributed by atoms with Crippen molar-refractivity contribution in [3.05, 3.63) is 75.3 Å². The second-order valence-electron chi connectivity index (χ2n) is 8.09. The summed E-state index contributed by atoms with van der Waals surface area (Å²) in [6.07, 6.45) is 5.31. The first-order valence-electron chi connectivity index (χ1n) is 10.8. The van der Waals surface area contributed by atoms with Crippen LogP contribution in [0.15, 0.2) is 59.7 Å². The summed E-state index contributed by atoms with van der Waals surface area (Å²) in [4.78, 5) is 16.3. The van der Waals surface area contributed by atoms with Gasteiger partial charge in [0.2, 0.25) is 0 Å². The maximum Gasteiger partial charge on any atom is 0.274 e. The monoisotopic (exact) mass is 467 g/mol. The highest BCUT2D eigenvalue weighted by molar-refractivity contribution is 6.31. The summed E-state index contributed by atoms with van der Waals surface area (Å²) in [5.41, 5.74) is 3.53. The third-order valence-corrected chi connectivity index (χ3v) is 6.56. The van der Waals surface area contributed by atoms with E-state index in [1.165, 1.54) is 19.3 Å². The number of aromatic nitrogens is 4. The van der Waals surface area contributed by atoms with Crippen LogP contribution in [-0.4, -0.2) is 43.9 Å². The molecule has 0 radical (unpaired) electrons. The zero-order chi connectivity index (χ0) is 22.1. The highest BCUT2D eigenvalue weighted by Gasteiger charge is 2.22. The molecule has 32 heavy (non-hydrogen) atoms. The molecule has 0 aliphatic carbocycles. The van der Waals surface area contributed by atoms with Gasteiger partial charge in [0.25, 0.3) is 5.56 Å². The summed E-state index contributed by atoms with van der Waals surface area (Å²) >= 11 is 12.3. The number of piperidine rings is 1. The van der Waals surface area contributed by atoms with Gasteiger partial charge in [-0.15, -0.1) is 10.2 Å². The van der Waals surface area contributed by atoms with Crippen molar-refractivity contribution < 1.29 is 0 Å². The number of nitrogens with zero attached hydrogens (tertiary/aromatic N) is 5. The van der Waals surface area contributed by atoms with E-state index >= 15 is 0 Å². The quantitative estimate of drug-likeness (QED) is 0.413. The molecule has 8 heteroatoms. The second kappa shape index (κ2) is 9.06. The largest absolute Gasteiger partial charge is 0.301 e. The van der Waals surface area contributed by atoms with Crippen molar-refractivity contribution in [2.45, 2.75) is 25.8 Å². The highest BCUT2D eigenvalue weighted by atomic mass is 35.5. The first-order valence-corrected chi connectivity index (χ1v) is 11.6. The van der Waals surface area contributed by atoms with E-state index in [1.54, 1.807) is 27.7 Å². The van der Waals surface area contributed by atoms with Crippen LogP contribution in [0, 0.1) is 0 Å². The van der Waals surface area contributed by atoms with E-state index in [0.717, 1.165) is 36.3 Å². The lowest BCUT2D eigenvalue weighted by Crippen LogP contribution is -2.37. The van der Waals surface area contributed by atoms with Gasteiger partial charge in [-0.3, -0.25) is 4.79 Å². The minimum Gasteiger partial charge on any atom is -0.301 e. The molecule has 0 bridgehead atoms. The standard InChI is InChI=1S/C24H23Cl2N5O/c25-19-8-4-17(5-9-19)21-22(18-6-10-20(26)11-7-18)24(32)30(31-16-27-28-23(21)31)15-14-29-12-2-1-3-13-29/h4-11,16H,1-3,12-15H2. The topological polar surface area (TPSA) is 55.4 Å². The minimum absolute atomic E-state index is 0.0819. The van der Waals surface area contributed by atoms with Gasteiger partial charge in [0, 0.05) is 22.2 Å². The first-order chi connectivity index (χ1) is 15.6. The molecule has 5 rings (SSSR count). The molecule has 6 nitrogen and oxygen atoms in total. The van der Waals surface area contributed by atoms with Crippen LogP contribution in [0.3, 0.4) is 0 Å². The zero-order valence-corrected chi connectivity index (χ0v) is 19.1. The lowest BCUT2D eigenvalue weighted by Gasteiger charge is -2.27. The van der Waals surface area contributed by atoms with Crippen LogP contribution in [-0.2, 0) is 6.54 Å². The molecule has 1 aliphatic heterocycles. The molecular formula is C24H23Cl2N5O. The van der Waals surface area contributed by atoms with Gasteiger partial charge in [-0.05, 0) is 61.3 Å². The SMILES string of the molecule is O=c1c(-c2ccc(Cl)cc2)c(-c2ccc(Cl)cc2)c2nncn2n1CCN1CCCCC1. The average molecular weight is 468 g/mol. The van der Waals surface area contributed by atoms with E-state index in [4.69, 9.17) is 23.2 Å². The molecule has 0 saturated carbocycles. The van der Waals surface area contributed by atoms with Gasteiger partial charge in [-0.1, -0.05) is 53.9 Å². The minimum atomic E-state index is -0.0819. The van der Waals surface area contributed by atoms with Gasteiger partial charge in [-0.2, -0.15) is 0 Å². The summed E-state index contributed by atoms with van der Waals surface area (Å²) in [6.45, 7) is 3.53. The maximum absolute atomic E-state index is 13.9. The summed E-state index contributed by atoms with van der Waals surface area (Å²) < 4.78 is 3.52. The summed E-state index contributed by atoms with van der Waals surface area (Å²) in [6, 6.07) is 14.8. The fourth-order valence-electron chi connectivity index (χ4n) is 4.42. The van der Waals surface area contributed by atoms with E-state index in [-0.39, 0.29) is 5.56 Å². The number of fused-ring (bicyclic) bond motifs is 1. The molecule has 2 aromatic heterocycles. The molecule has 164 valence electrons. The lowest BCUT2D eigenvalue weighted by atomic mass is 9.96. The molecule has 4 aromatic rings. The third-order valence-electron chi connectivity index (χ3n) is 6.05. The van der Waals surface area contributed by atoms with Crippen molar-refractivity contribution in [2.24, 2.45) is 0 Å². The Labute approximate surface area is 196 Å². The Balaban J connectivity index is 1.70. The number of rotatable bonds is 5. The molecule has 1 fully saturated rings. The van der Waals surface area contributed by atoms with Crippen molar-refractivity contribution in [2.75, 3.05) is 19.6 Å². The molecule has 0 amide bonds. The Bertz CT molecular complexity index is 1290. The maximum atomic E-state index is 13.9. The van der Waals surface area contributed by atoms with Gasteiger partial charge >= 0.3 is 0 Å². The van der Waals surface area contributed by atoms with Crippen molar-refractivity contribution in [3.63, 3.8) is 0 Å². The predicted octanol–water partition coefficient (Wildman–Crippen LogP) is 5.02. The number of likely N-dealkylation sites (tertiary alicyclic amines) is 1. The summed E-state index contributed by atoms with van der Waals surface area (Å²) in [7, 11) is 0. The van der Waals surface area contributed by atoms with Gasteiger partial charge < -0.3 is 4.90 Å². The second-order valence-corrected chi connectivity index (χ2v) is 8.97. The zero-order valence-electron chi connectivity index (χ0n) is 17.5. The normalized spacial score (nSPS) is 14.8. The lowest BCUT2D eigenvalue weighted by molar-refractivity contribution is 0.215. The van der Waals surface area contributed by atoms with Crippen LogP contribution in [0.1, 0.15) is 19.3 Å². The van der Waals surface area contributed by atoms with Crippen molar-refractivity contribution in [1.29, 1.82) is 0 Å². The van der Waals surface area contributed by atoms with Crippen molar-refractivity contribution in [3.8, 4) is 22.3 Å². The van der Waals surface area contributed by atoms with E-state index in [2.05, 4.69) is 15.1 Å². The molecule has 0 atom stereocenters. The molecular weight excluding hydrogens is 445 g/mol. The summed E-state index contributed by atoms with van der Waals surface area (Å²) in [5.74, 6) is 0. The Hall–Kier alpha value is -2.67. The molecule has 0 unspecified atom stereocenters. The fourth-order valence-corrected chi connectivity index (χ4v) is 4.67. The Morgan fingerprint density at radius 2 is 1.38 bits per heavy atom. The van der Waals surface area contributed by atoms with E-state index < -0.39 is 0 Å². The van der Waals surface area contributed by atoms with Gasteiger partial charge in [0.05, 0.1) is 12.1 Å². The van der Waals surface area contributed by atoms with Crippen LogP contribution in [0.2, 0.25) is 10.0 Å². The van der Waals surface area contributed by atoms with Crippen LogP contribution < -0.4 is 5.56 Å². The highest BCUT2D eigenvalue weighted by Crippen LogP contribution is 2.33. The van der Waals surface area contributed by atoms with Crippen LogP contribution in [0.4, 0.5) is 0 Å². The van der Waals surface area contributed by atoms with E-state index in [9.17, 15) is 4.79 Å². The molecule has 1 saturated heterocycles. The Morgan fingerprint density at radius 3 is 2.00 bits per heavy atom. The van der Waals surface area contributed by atoms with Crippen LogP contribution in [0.25, 0.3) is 27.9 Å². The molecule has 2 aromatic carbocycles. The van der Waals surface area contributed by atoms with Crippen LogP contribution >= 0.6 is 23.2 Å². The van der Waals surface area contributed by atoms with Gasteiger partial charge in [0.1, 0.15) is 6.33 Å².